The second kappa shape index (κ2) is 6.44. The fourth-order valence-corrected chi connectivity index (χ4v) is 2.13. The summed E-state index contributed by atoms with van der Waals surface area (Å²) in [6, 6.07) is 0. The molecule has 0 amide bonds. The summed E-state index contributed by atoms with van der Waals surface area (Å²) in [6.45, 7) is 3.18. The molecular formula is C10H16N2O3S. The molecule has 16 heavy (non-hydrogen) atoms. The third-order valence-electron chi connectivity index (χ3n) is 2.14. The highest BCUT2D eigenvalue weighted by Crippen LogP contribution is 2.24. The molecule has 1 heterocycles. The lowest BCUT2D eigenvalue weighted by Crippen LogP contribution is -2.06. The Morgan fingerprint density at radius 3 is 2.94 bits per heavy atom. The van der Waals surface area contributed by atoms with Crippen molar-refractivity contribution in [3.05, 3.63) is 11.3 Å². The number of rotatable bonds is 7. The van der Waals surface area contributed by atoms with E-state index in [2.05, 4.69) is 9.69 Å². The number of hydrogen-bond acceptors (Lipinski definition) is 5. The first kappa shape index (κ1) is 12.9. The molecule has 1 aromatic heterocycles. The molecule has 0 aliphatic carbocycles. The van der Waals surface area contributed by atoms with Crippen LogP contribution in [0.15, 0.2) is 0 Å². The van der Waals surface area contributed by atoms with E-state index in [1.54, 1.807) is 14.0 Å². The van der Waals surface area contributed by atoms with Crippen LogP contribution in [0.1, 0.15) is 28.9 Å². The van der Waals surface area contributed by atoms with E-state index in [-0.39, 0.29) is 5.56 Å². The van der Waals surface area contributed by atoms with Crippen LogP contribution in [0.25, 0.3) is 0 Å². The lowest BCUT2D eigenvalue weighted by atomic mass is 10.2. The number of aromatic nitrogens is 1. The summed E-state index contributed by atoms with van der Waals surface area (Å²) in [5, 5.41) is 12.7. The van der Waals surface area contributed by atoms with Gasteiger partial charge in [-0.1, -0.05) is 0 Å². The minimum absolute atomic E-state index is 0.289. The Balaban J connectivity index is 2.45. The molecule has 0 bridgehead atoms. The number of carboxylic acids is 1. The van der Waals surface area contributed by atoms with Gasteiger partial charge in [-0.15, -0.1) is 0 Å². The van der Waals surface area contributed by atoms with Crippen molar-refractivity contribution < 1.29 is 14.6 Å². The van der Waals surface area contributed by atoms with E-state index in [0.29, 0.717) is 10.7 Å². The summed E-state index contributed by atoms with van der Waals surface area (Å²) in [7, 11) is 1.67. The SMILES string of the molecule is COCCCCNc1snc(C)c1C(=O)O. The molecule has 5 nitrogen and oxygen atoms in total. The van der Waals surface area contributed by atoms with E-state index in [1.165, 1.54) is 11.5 Å². The Morgan fingerprint density at radius 1 is 1.56 bits per heavy atom. The first-order valence-corrected chi connectivity index (χ1v) is 5.86. The van der Waals surface area contributed by atoms with Crippen molar-refractivity contribution in [2.45, 2.75) is 19.8 Å². The summed E-state index contributed by atoms with van der Waals surface area (Å²) in [5.41, 5.74) is 0.855. The number of aromatic carboxylic acids is 1. The van der Waals surface area contributed by atoms with Gasteiger partial charge in [0.15, 0.2) is 0 Å². The minimum atomic E-state index is -0.925. The van der Waals surface area contributed by atoms with Crippen molar-refractivity contribution in [3.63, 3.8) is 0 Å². The zero-order valence-corrected chi connectivity index (χ0v) is 10.3. The third-order valence-corrected chi connectivity index (χ3v) is 3.03. The second-order valence-corrected chi connectivity index (χ2v) is 4.18. The molecular weight excluding hydrogens is 228 g/mol. The Labute approximate surface area is 98.6 Å². The van der Waals surface area contributed by atoms with Gasteiger partial charge < -0.3 is 15.2 Å². The number of unbranched alkanes of at least 4 members (excludes halogenated alkanes) is 1. The van der Waals surface area contributed by atoms with Gasteiger partial charge in [-0.2, -0.15) is 4.37 Å². The standard InChI is InChI=1S/C10H16N2O3S/c1-7-8(10(13)14)9(16-12-7)11-5-3-4-6-15-2/h11H,3-6H2,1-2H3,(H,13,14). The van der Waals surface area contributed by atoms with Crippen molar-refractivity contribution in [1.29, 1.82) is 0 Å². The van der Waals surface area contributed by atoms with Gasteiger partial charge in [0.1, 0.15) is 10.6 Å². The van der Waals surface area contributed by atoms with Crippen molar-refractivity contribution in [2.75, 3.05) is 25.6 Å². The van der Waals surface area contributed by atoms with E-state index in [4.69, 9.17) is 9.84 Å². The molecule has 0 radical (unpaired) electrons. The van der Waals surface area contributed by atoms with E-state index in [0.717, 1.165) is 26.0 Å². The molecule has 2 N–H and O–H groups in total. The normalized spacial score (nSPS) is 10.4. The Hall–Kier alpha value is -1.14. The van der Waals surface area contributed by atoms with Gasteiger partial charge in [0.2, 0.25) is 0 Å². The zero-order chi connectivity index (χ0) is 12.0. The van der Waals surface area contributed by atoms with E-state index < -0.39 is 5.97 Å². The molecule has 0 fully saturated rings. The Bertz CT molecular complexity index is 352. The van der Waals surface area contributed by atoms with Crippen molar-refractivity contribution in [3.8, 4) is 0 Å². The van der Waals surface area contributed by atoms with Crippen LogP contribution in [0, 0.1) is 6.92 Å². The maximum Gasteiger partial charge on any atom is 0.340 e. The number of nitrogens with one attached hydrogen (secondary N) is 1. The molecule has 0 saturated carbocycles. The van der Waals surface area contributed by atoms with Gasteiger partial charge in [-0.05, 0) is 31.3 Å². The third kappa shape index (κ3) is 3.46. The fourth-order valence-electron chi connectivity index (χ4n) is 1.32. The lowest BCUT2D eigenvalue weighted by Gasteiger charge is -2.04. The van der Waals surface area contributed by atoms with Gasteiger partial charge >= 0.3 is 5.97 Å². The van der Waals surface area contributed by atoms with Crippen LogP contribution in [0.4, 0.5) is 5.00 Å². The monoisotopic (exact) mass is 244 g/mol. The van der Waals surface area contributed by atoms with Gasteiger partial charge in [0, 0.05) is 20.3 Å². The first-order valence-electron chi connectivity index (χ1n) is 5.09. The maximum atomic E-state index is 10.9. The van der Waals surface area contributed by atoms with Crippen molar-refractivity contribution >= 4 is 22.5 Å². The van der Waals surface area contributed by atoms with E-state index in [1.807, 2.05) is 0 Å². The summed E-state index contributed by atoms with van der Waals surface area (Å²) in [5.74, 6) is -0.925. The molecule has 0 aliphatic heterocycles. The maximum absolute atomic E-state index is 10.9. The van der Waals surface area contributed by atoms with Crippen molar-refractivity contribution in [1.82, 2.24) is 4.37 Å². The smallest absolute Gasteiger partial charge is 0.340 e. The molecule has 0 spiro atoms. The highest BCUT2D eigenvalue weighted by molar-refractivity contribution is 7.10. The number of carbonyl (C=O) groups is 1. The zero-order valence-electron chi connectivity index (χ0n) is 9.45. The largest absolute Gasteiger partial charge is 0.478 e. The number of anilines is 1. The van der Waals surface area contributed by atoms with Gasteiger partial charge in [-0.3, -0.25) is 0 Å². The molecule has 0 atom stereocenters. The van der Waals surface area contributed by atoms with Crippen LogP contribution in [0.5, 0.6) is 0 Å². The van der Waals surface area contributed by atoms with Crippen LogP contribution < -0.4 is 5.32 Å². The van der Waals surface area contributed by atoms with Crippen LogP contribution in [-0.2, 0) is 4.74 Å². The Kier molecular flexibility index (Phi) is 5.21. The van der Waals surface area contributed by atoms with Gasteiger partial charge in [0.25, 0.3) is 0 Å². The minimum Gasteiger partial charge on any atom is -0.478 e. The average Bonchev–Trinajstić information content (AvgIpc) is 2.59. The molecule has 1 rings (SSSR count). The van der Waals surface area contributed by atoms with Gasteiger partial charge in [0.05, 0.1) is 5.69 Å². The molecule has 0 saturated heterocycles. The Morgan fingerprint density at radius 2 is 2.31 bits per heavy atom. The fraction of sp³-hybridized carbons (Fsp3) is 0.600. The predicted molar refractivity (Wildman–Crippen MR) is 63.4 cm³/mol. The quantitative estimate of drug-likeness (QED) is 0.718. The topological polar surface area (TPSA) is 71.5 Å². The molecule has 90 valence electrons. The number of hydrogen-bond donors (Lipinski definition) is 2. The summed E-state index contributed by atoms with van der Waals surface area (Å²) in [6.07, 6.45) is 1.91. The molecule has 0 aliphatic rings. The highest BCUT2D eigenvalue weighted by atomic mass is 32.1. The van der Waals surface area contributed by atoms with E-state index >= 15 is 0 Å². The number of nitrogens with zero attached hydrogens (tertiary/aromatic N) is 1. The predicted octanol–water partition coefficient (Wildman–Crippen LogP) is 1.99. The highest BCUT2D eigenvalue weighted by Gasteiger charge is 2.16. The van der Waals surface area contributed by atoms with E-state index in [9.17, 15) is 4.79 Å². The van der Waals surface area contributed by atoms with Crippen LogP contribution in [0.3, 0.4) is 0 Å². The second-order valence-electron chi connectivity index (χ2n) is 3.40. The molecule has 0 unspecified atom stereocenters. The summed E-state index contributed by atoms with van der Waals surface area (Å²) >= 11 is 1.20. The van der Waals surface area contributed by atoms with Crippen LogP contribution in [-0.4, -0.2) is 35.7 Å². The summed E-state index contributed by atoms with van der Waals surface area (Å²) < 4.78 is 8.96. The first-order chi connectivity index (χ1) is 7.66. The van der Waals surface area contributed by atoms with Crippen molar-refractivity contribution in [2.24, 2.45) is 0 Å². The molecule has 6 heteroatoms. The van der Waals surface area contributed by atoms with Crippen LogP contribution in [0.2, 0.25) is 0 Å². The number of carboxylic acid groups (broad SMARTS) is 1. The number of aryl methyl sites for hydroxylation is 1. The average molecular weight is 244 g/mol. The summed E-state index contributed by atoms with van der Waals surface area (Å²) in [4.78, 5) is 10.9. The molecule has 0 aromatic carbocycles. The lowest BCUT2D eigenvalue weighted by molar-refractivity contribution is 0.0697. The van der Waals surface area contributed by atoms with Gasteiger partial charge in [-0.25, -0.2) is 4.79 Å². The van der Waals surface area contributed by atoms with Crippen LogP contribution >= 0.6 is 11.5 Å². The molecule has 1 aromatic rings. The number of ether oxygens (including phenoxy) is 1. The number of methoxy groups -OCH3 is 1.